The standard InChI is InChI=1S/C13H23N3O/c1-6-13(4,5)17-11-8-15-12(9(2)3)16-10(11)7-14/h8-9H,6-7,14H2,1-5H3. The van der Waals surface area contributed by atoms with E-state index in [0.29, 0.717) is 18.2 Å². The predicted octanol–water partition coefficient (Wildman–Crippen LogP) is 2.63. The Hall–Kier alpha value is -1.16. The summed E-state index contributed by atoms with van der Waals surface area (Å²) in [4.78, 5) is 8.76. The second kappa shape index (κ2) is 5.45. The van der Waals surface area contributed by atoms with Gasteiger partial charge in [-0.15, -0.1) is 0 Å². The zero-order chi connectivity index (χ0) is 13.1. The van der Waals surface area contributed by atoms with Crippen LogP contribution in [-0.2, 0) is 6.54 Å². The largest absolute Gasteiger partial charge is 0.484 e. The third-order valence-corrected chi connectivity index (χ3v) is 2.80. The van der Waals surface area contributed by atoms with Gasteiger partial charge in [0, 0.05) is 12.5 Å². The molecule has 0 saturated heterocycles. The van der Waals surface area contributed by atoms with Crippen molar-refractivity contribution in [3.8, 4) is 5.75 Å². The van der Waals surface area contributed by atoms with E-state index < -0.39 is 0 Å². The maximum atomic E-state index is 5.90. The van der Waals surface area contributed by atoms with Crippen molar-refractivity contribution in [3.05, 3.63) is 17.7 Å². The SMILES string of the molecule is CCC(C)(C)Oc1cnc(C(C)C)nc1CN. The Balaban J connectivity index is 3.01. The summed E-state index contributed by atoms with van der Waals surface area (Å²) in [6.45, 7) is 10.7. The van der Waals surface area contributed by atoms with Crippen LogP contribution in [0.1, 0.15) is 58.5 Å². The molecule has 0 aliphatic carbocycles. The number of aromatic nitrogens is 2. The van der Waals surface area contributed by atoms with Crippen LogP contribution in [0.3, 0.4) is 0 Å². The number of nitrogens with two attached hydrogens (primary N) is 1. The van der Waals surface area contributed by atoms with Crippen LogP contribution < -0.4 is 10.5 Å². The summed E-state index contributed by atoms with van der Waals surface area (Å²) in [6.07, 6.45) is 2.66. The fourth-order valence-electron chi connectivity index (χ4n) is 1.30. The molecule has 4 heteroatoms. The van der Waals surface area contributed by atoms with Crippen LogP contribution in [0.5, 0.6) is 5.75 Å². The van der Waals surface area contributed by atoms with Gasteiger partial charge in [0.1, 0.15) is 11.4 Å². The van der Waals surface area contributed by atoms with Gasteiger partial charge >= 0.3 is 0 Å². The molecule has 0 aliphatic rings. The molecule has 0 radical (unpaired) electrons. The molecule has 0 aromatic carbocycles. The minimum Gasteiger partial charge on any atom is -0.484 e. The molecule has 17 heavy (non-hydrogen) atoms. The summed E-state index contributed by atoms with van der Waals surface area (Å²) in [5.74, 6) is 1.81. The van der Waals surface area contributed by atoms with Gasteiger partial charge in [0.25, 0.3) is 0 Å². The minimum absolute atomic E-state index is 0.216. The lowest BCUT2D eigenvalue weighted by atomic mass is 10.1. The van der Waals surface area contributed by atoms with Crippen molar-refractivity contribution in [2.45, 2.75) is 59.1 Å². The first-order chi connectivity index (χ1) is 7.89. The Morgan fingerprint density at radius 3 is 2.53 bits per heavy atom. The Morgan fingerprint density at radius 1 is 1.41 bits per heavy atom. The molecule has 1 aromatic heterocycles. The summed E-state index contributed by atoms with van der Waals surface area (Å²) < 4.78 is 5.90. The van der Waals surface area contributed by atoms with E-state index in [0.717, 1.165) is 17.9 Å². The van der Waals surface area contributed by atoms with E-state index >= 15 is 0 Å². The molecule has 0 amide bonds. The Morgan fingerprint density at radius 2 is 2.06 bits per heavy atom. The summed E-state index contributed by atoms with van der Waals surface area (Å²) >= 11 is 0. The van der Waals surface area contributed by atoms with Crippen molar-refractivity contribution in [1.29, 1.82) is 0 Å². The van der Waals surface area contributed by atoms with Crippen molar-refractivity contribution in [3.63, 3.8) is 0 Å². The average molecular weight is 237 g/mol. The van der Waals surface area contributed by atoms with Gasteiger partial charge in [0.15, 0.2) is 5.75 Å². The minimum atomic E-state index is -0.216. The quantitative estimate of drug-likeness (QED) is 0.855. The van der Waals surface area contributed by atoms with Gasteiger partial charge in [-0.05, 0) is 20.3 Å². The highest BCUT2D eigenvalue weighted by Gasteiger charge is 2.19. The molecular formula is C13H23N3O. The van der Waals surface area contributed by atoms with Crippen LogP contribution in [-0.4, -0.2) is 15.6 Å². The molecule has 0 atom stereocenters. The summed E-state index contributed by atoms with van der Waals surface area (Å²) in [6, 6.07) is 0. The molecular weight excluding hydrogens is 214 g/mol. The Kier molecular flexibility index (Phi) is 4.46. The summed E-state index contributed by atoms with van der Waals surface area (Å²) in [7, 11) is 0. The highest BCUT2D eigenvalue weighted by atomic mass is 16.5. The molecule has 0 bridgehead atoms. The number of hydrogen-bond acceptors (Lipinski definition) is 4. The van der Waals surface area contributed by atoms with Gasteiger partial charge in [0.2, 0.25) is 0 Å². The van der Waals surface area contributed by atoms with Gasteiger partial charge < -0.3 is 10.5 Å². The number of ether oxygens (including phenoxy) is 1. The first-order valence-corrected chi connectivity index (χ1v) is 6.14. The zero-order valence-corrected chi connectivity index (χ0v) is 11.4. The third-order valence-electron chi connectivity index (χ3n) is 2.80. The lowest BCUT2D eigenvalue weighted by Crippen LogP contribution is -2.28. The molecule has 0 fully saturated rings. The van der Waals surface area contributed by atoms with E-state index in [2.05, 4.69) is 30.7 Å². The van der Waals surface area contributed by atoms with Gasteiger partial charge in [-0.25, -0.2) is 9.97 Å². The molecule has 0 spiro atoms. The third kappa shape index (κ3) is 3.66. The fraction of sp³-hybridized carbons (Fsp3) is 0.692. The zero-order valence-electron chi connectivity index (χ0n) is 11.4. The first kappa shape index (κ1) is 13.9. The van der Waals surface area contributed by atoms with Crippen molar-refractivity contribution >= 4 is 0 Å². The van der Waals surface area contributed by atoms with E-state index in [1.165, 1.54) is 0 Å². The smallest absolute Gasteiger partial charge is 0.161 e. The van der Waals surface area contributed by atoms with Crippen molar-refractivity contribution in [1.82, 2.24) is 9.97 Å². The van der Waals surface area contributed by atoms with Crippen molar-refractivity contribution in [2.24, 2.45) is 5.73 Å². The Labute approximate surface area is 104 Å². The van der Waals surface area contributed by atoms with E-state index in [1.54, 1.807) is 6.20 Å². The molecule has 0 saturated carbocycles. The molecule has 1 rings (SSSR count). The second-order valence-corrected chi connectivity index (χ2v) is 5.11. The molecule has 0 aliphatic heterocycles. The molecule has 4 nitrogen and oxygen atoms in total. The van der Waals surface area contributed by atoms with Crippen LogP contribution in [0.15, 0.2) is 6.20 Å². The maximum Gasteiger partial charge on any atom is 0.161 e. The van der Waals surface area contributed by atoms with Gasteiger partial charge in [-0.2, -0.15) is 0 Å². The topological polar surface area (TPSA) is 61.0 Å². The van der Waals surface area contributed by atoms with Crippen LogP contribution in [0, 0.1) is 0 Å². The average Bonchev–Trinajstić information content (AvgIpc) is 2.29. The lowest BCUT2D eigenvalue weighted by Gasteiger charge is -2.25. The number of nitrogens with zero attached hydrogens (tertiary/aromatic N) is 2. The van der Waals surface area contributed by atoms with E-state index in [4.69, 9.17) is 10.5 Å². The molecule has 0 unspecified atom stereocenters. The fourth-order valence-corrected chi connectivity index (χ4v) is 1.30. The molecule has 96 valence electrons. The molecule has 2 N–H and O–H groups in total. The van der Waals surface area contributed by atoms with Crippen molar-refractivity contribution in [2.75, 3.05) is 0 Å². The van der Waals surface area contributed by atoms with Crippen molar-refractivity contribution < 1.29 is 4.74 Å². The van der Waals surface area contributed by atoms with Gasteiger partial charge in [-0.1, -0.05) is 20.8 Å². The monoisotopic (exact) mass is 237 g/mol. The second-order valence-electron chi connectivity index (χ2n) is 5.11. The number of rotatable bonds is 5. The van der Waals surface area contributed by atoms with Gasteiger partial charge in [-0.3, -0.25) is 0 Å². The maximum absolute atomic E-state index is 5.90. The number of hydrogen-bond donors (Lipinski definition) is 1. The summed E-state index contributed by atoms with van der Waals surface area (Å²) in [5.41, 5.74) is 6.28. The van der Waals surface area contributed by atoms with E-state index in [9.17, 15) is 0 Å². The predicted molar refractivity (Wildman–Crippen MR) is 69.0 cm³/mol. The van der Waals surface area contributed by atoms with Crippen LogP contribution in [0.4, 0.5) is 0 Å². The normalized spacial score (nSPS) is 11.9. The van der Waals surface area contributed by atoms with Crippen LogP contribution >= 0.6 is 0 Å². The highest BCUT2D eigenvalue weighted by Crippen LogP contribution is 2.24. The van der Waals surface area contributed by atoms with Crippen LogP contribution in [0.2, 0.25) is 0 Å². The van der Waals surface area contributed by atoms with E-state index in [1.807, 2.05) is 13.8 Å². The summed E-state index contributed by atoms with van der Waals surface area (Å²) in [5, 5.41) is 0. The first-order valence-electron chi connectivity index (χ1n) is 6.14. The molecule has 1 heterocycles. The van der Waals surface area contributed by atoms with Gasteiger partial charge in [0.05, 0.1) is 11.9 Å². The van der Waals surface area contributed by atoms with E-state index in [-0.39, 0.29) is 5.60 Å². The van der Waals surface area contributed by atoms with Crippen LogP contribution in [0.25, 0.3) is 0 Å². The lowest BCUT2D eigenvalue weighted by molar-refractivity contribution is 0.102. The highest BCUT2D eigenvalue weighted by molar-refractivity contribution is 5.26. The molecule has 1 aromatic rings. The Bertz CT molecular complexity index is 375.